The summed E-state index contributed by atoms with van der Waals surface area (Å²) >= 11 is 0.956. The molecule has 1 rings (SSSR count). The second-order valence-electron chi connectivity index (χ2n) is 2.24. The molecule has 0 unspecified atom stereocenters. The zero-order chi connectivity index (χ0) is 9.14. The highest BCUT2D eigenvalue weighted by Gasteiger charge is 2.13. The summed E-state index contributed by atoms with van der Waals surface area (Å²) in [5.74, 6) is 0. The van der Waals surface area contributed by atoms with E-state index in [1.807, 2.05) is 0 Å². The van der Waals surface area contributed by atoms with E-state index in [0.29, 0.717) is 5.56 Å². The van der Waals surface area contributed by atoms with Gasteiger partial charge in [-0.25, -0.2) is 4.39 Å². The Balaban J connectivity index is 2.84. The van der Waals surface area contributed by atoms with Gasteiger partial charge in [0.25, 0.3) is 0 Å². The number of halogens is 1. The molecule has 0 aliphatic rings. The van der Waals surface area contributed by atoms with Crippen LogP contribution in [0.25, 0.3) is 0 Å². The van der Waals surface area contributed by atoms with E-state index in [2.05, 4.69) is 0 Å². The van der Waals surface area contributed by atoms with Crippen LogP contribution in [0.5, 0.6) is 0 Å². The molecule has 0 bridgehead atoms. The Morgan fingerprint density at radius 2 is 2.50 bits per heavy atom. The van der Waals surface area contributed by atoms with Crippen LogP contribution in [0.4, 0.5) is 9.39 Å². The molecule has 0 saturated heterocycles. The van der Waals surface area contributed by atoms with Crippen LogP contribution in [0, 0.1) is 10.1 Å². The Morgan fingerprint density at radius 1 is 1.83 bits per heavy atom. The zero-order valence-electron chi connectivity index (χ0n) is 6.07. The molecule has 0 spiro atoms. The van der Waals surface area contributed by atoms with Crippen molar-refractivity contribution in [1.82, 2.24) is 0 Å². The molecule has 0 amide bonds. The molecule has 0 saturated carbocycles. The molecule has 0 radical (unpaired) electrons. The van der Waals surface area contributed by atoms with E-state index < -0.39 is 17.6 Å². The molecule has 4 nitrogen and oxygen atoms in total. The first-order valence-electron chi connectivity index (χ1n) is 3.19. The molecule has 1 aromatic heterocycles. The Hall–Kier alpha value is -1.01. The number of rotatable bonds is 3. The third kappa shape index (κ3) is 1.77. The molecule has 6 heteroatoms. The van der Waals surface area contributed by atoms with Crippen LogP contribution in [0.15, 0.2) is 11.4 Å². The van der Waals surface area contributed by atoms with Gasteiger partial charge in [-0.15, -0.1) is 0 Å². The molecular weight excluding hydrogens is 183 g/mol. The third-order valence-corrected chi connectivity index (χ3v) is 2.28. The van der Waals surface area contributed by atoms with Crippen LogP contribution in [-0.2, 0) is 0 Å². The van der Waals surface area contributed by atoms with Gasteiger partial charge in [-0.05, 0) is 5.56 Å². The normalized spacial score (nSPS) is 12.8. The van der Waals surface area contributed by atoms with Crippen molar-refractivity contribution >= 4 is 16.3 Å². The second kappa shape index (κ2) is 3.59. The summed E-state index contributed by atoms with van der Waals surface area (Å²) in [6.07, 6.45) is 0. The van der Waals surface area contributed by atoms with Gasteiger partial charge in [-0.1, -0.05) is 11.3 Å². The first-order chi connectivity index (χ1) is 5.65. The summed E-state index contributed by atoms with van der Waals surface area (Å²) in [4.78, 5) is 9.69. The Bertz CT molecular complexity index is 289. The predicted molar refractivity (Wildman–Crippen MR) is 43.9 cm³/mol. The number of alkyl halides is 1. The van der Waals surface area contributed by atoms with Gasteiger partial charge in [0.2, 0.25) is 0 Å². The molecule has 66 valence electrons. The van der Waals surface area contributed by atoms with Crippen molar-refractivity contribution in [3.63, 3.8) is 0 Å². The summed E-state index contributed by atoms with van der Waals surface area (Å²) in [7, 11) is 0. The fourth-order valence-corrected chi connectivity index (χ4v) is 1.51. The van der Waals surface area contributed by atoms with Crippen molar-refractivity contribution in [1.29, 1.82) is 0 Å². The van der Waals surface area contributed by atoms with E-state index in [1.165, 1.54) is 11.4 Å². The number of nitro groups is 1. The number of thiophene rings is 1. The summed E-state index contributed by atoms with van der Waals surface area (Å²) in [5.41, 5.74) is 5.80. The van der Waals surface area contributed by atoms with Crippen molar-refractivity contribution in [2.45, 2.75) is 6.04 Å². The molecule has 1 atom stereocenters. The van der Waals surface area contributed by atoms with Gasteiger partial charge in [-0.2, -0.15) is 0 Å². The van der Waals surface area contributed by atoms with E-state index in [4.69, 9.17) is 5.73 Å². The van der Waals surface area contributed by atoms with E-state index >= 15 is 0 Å². The minimum absolute atomic E-state index is 0.00565. The minimum atomic E-state index is -0.741. The monoisotopic (exact) mass is 190 g/mol. The van der Waals surface area contributed by atoms with E-state index in [-0.39, 0.29) is 5.00 Å². The highest BCUT2D eigenvalue weighted by molar-refractivity contribution is 7.13. The number of nitrogens with two attached hydrogens (primary N) is 1. The standard InChI is InChI=1S/C6H7FN2O2S/c7-2-5(8)4-1-6(9(10)11)12-3-4/h1,3,5H,2,8H2/t5-/m1/s1. The van der Waals surface area contributed by atoms with Gasteiger partial charge >= 0.3 is 5.00 Å². The number of hydrogen-bond donors (Lipinski definition) is 1. The lowest BCUT2D eigenvalue weighted by Gasteiger charge is -2.00. The van der Waals surface area contributed by atoms with Crippen LogP contribution < -0.4 is 5.73 Å². The average Bonchev–Trinajstić information content (AvgIpc) is 2.51. The smallest absolute Gasteiger partial charge is 0.322 e. The second-order valence-corrected chi connectivity index (χ2v) is 3.13. The fraction of sp³-hybridized carbons (Fsp3) is 0.333. The topological polar surface area (TPSA) is 69.2 Å². The Kier molecular flexibility index (Phi) is 2.72. The SMILES string of the molecule is N[C@H](CF)c1csc([N+](=O)[O-])c1. The molecule has 0 aliphatic heterocycles. The molecule has 1 heterocycles. The van der Waals surface area contributed by atoms with E-state index in [1.54, 1.807) is 0 Å². The van der Waals surface area contributed by atoms with Gasteiger partial charge in [-0.3, -0.25) is 10.1 Å². The average molecular weight is 190 g/mol. The first kappa shape index (κ1) is 9.08. The molecule has 0 fully saturated rings. The molecular formula is C6H7FN2O2S. The zero-order valence-corrected chi connectivity index (χ0v) is 6.88. The van der Waals surface area contributed by atoms with Crippen LogP contribution >= 0.6 is 11.3 Å². The first-order valence-corrected chi connectivity index (χ1v) is 4.07. The van der Waals surface area contributed by atoms with Crippen molar-refractivity contribution < 1.29 is 9.31 Å². The van der Waals surface area contributed by atoms with Gasteiger partial charge < -0.3 is 5.73 Å². The quantitative estimate of drug-likeness (QED) is 0.581. The minimum Gasteiger partial charge on any atom is -0.322 e. The lowest BCUT2D eigenvalue weighted by atomic mass is 10.2. The van der Waals surface area contributed by atoms with Gasteiger partial charge in [0.15, 0.2) is 0 Å². The lowest BCUT2D eigenvalue weighted by molar-refractivity contribution is -0.380. The number of hydrogen-bond acceptors (Lipinski definition) is 4. The highest BCUT2D eigenvalue weighted by atomic mass is 32.1. The summed E-state index contributed by atoms with van der Waals surface area (Å²) in [6, 6.07) is 0.560. The molecule has 2 N–H and O–H groups in total. The van der Waals surface area contributed by atoms with Crippen LogP contribution in [0.2, 0.25) is 0 Å². The highest BCUT2D eigenvalue weighted by Crippen LogP contribution is 2.25. The van der Waals surface area contributed by atoms with Gasteiger partial charge in [0, 0.05) is 11.4 Å². The van der Waals surface area contributed by atoms with Crippen molar-refractivity contribution in [3.8, 4) is 0 Å². The van der Waals surface area contributed by atoms with Crippen LogP contribution in [0.1, 0.15) is 11.6 Å². The fourth-order valence-electron chi connectivity index (χ4n) is 0.718. The summed E-state index contributed by atoms with van der Waals surface area (Å²) in [5, 5.41) is 11.7. The van der Waals surface area contributed by atoms with Gasteiger partial charge in [0.1, 0.15) is 6.67 Å². The lowest BCUT2D eigenvalue weighted by Crippen LogP contribution is -2.10. The molecule has 1 aromatic rings. The number of nitrogens with zero attached hydrogens (tertiary/aromatic N) is 1. The maximum Gasteiger partial charge on any atom is 0.324 e. The Morgan fingerprint density at radius 3 is 2.92 bits per heavy atom. The van der Waals surface area contributed by atoms with E-state index in [0.717, 1.165) is 11.3 Å². The predicted octanol–water partition coefficient (Wildman–Crippen LogP) is 1.63. The van der Waals surface area contributed by atoms with Crippen LogP contribution in [0.3, 0.4) is 0 Å². The van der Waals surface area contributed by atoms with Crippen molar-refractivity contribution in [2.75, 3.05) is 6.67 Å². The third-order valence-electron chi connectivity index (χ3n) is 1.38. The van der Waals surface area contributed by atoms with Crippen molar-refractivity contribution in [3.05, 3.63) is 27.1 Å². The van der Waals surface area contributed by atoms with Gasteiger partial charge in [0.05, 0.1) is 11.0 Å². The summed E-state index contributed by atoms with van der Waals surface area (Å²) in [6.45, 7) is -0.701. The molecule has 0 aromatic carbocycles. The molecule has 12 heavy (non-hydrogen) atoms. The van der Waals surface area contributed by atoms with Crippen LogP contribution in [-0.4, -0.2) is 11.6 Å². The molecule has 0 aliphatic carbocycles. The Labute approximate surface area is 72.0 Å². The maximum atomic E-state index is 12.0. The maximum absolute atomic E-state index is 12.0. The summed E-state index contributed by atoms with van der Waals surface area (Å²) < 4.78 is 12.0. The van der Waals surface area contributed by atoms with Crippen molar-refractivity contribution in [2.24, 2.45) is 5.73 Å². The van der Waals surface area contributed by atoms with E-state index in [9.17, 15) is 14.5 Å². The largest absolute Gasteiger partial charge is 0.324 e.